The van der Waals surface area contributed by atoms with Gasteiger partial charge in [0.1, 0.15) is 12.4 Å². The Bertz CT molecular complexity index is 1540. The van der Waals surface area contributed by atoms with Crippen LogP contribution in [-0.2, 0) is 30.6 Å². The molecule has 1 fully saturated rings. The molecule has 228 valence electrons. The number of aromatic nitrogens is 4. The Morgan fingerprint density at radius 1 is 1.05 bits per heavy atom. The third-order valence-corrected chi connectivity index (χ3v) is 7.80. The van der Waals surface area contributed by atoms with E-state index in [9.17, 15) is 35.9 Å². The van der Waals surface area contributed by atoms with Crippen molar-refractivity contribution in [2.75, 3.05) is 19.7 Å². The summed E-state index contributed by atoms with van der Waals surface area (Å²) in [5, 5.41) is 6.80. The van der Waals surface area contributed by atoms with Gasteiger partial charge in [0.2, 0.25) is 11.7 Å². The highest BCUT2D eigenvalue weighted by molar-refractivity contribution is 5.94. The highest BCUT2D eigenvalue weighted by atomic mass is 19.4. The number of ether oxygens (including phenoxy) is 1. The molecule has 0 aliphatic carbocycles. The molecule has 3 atom stereocenters. The number of nitrogens with one attached hydrogen (secondary N) is 2. The van der Waals surface area contributed by atoms with Crippen molar-refractivity contribution in [2.45, 2.75) is 44.1 Å². The van der Waals surface area contributed by atoms with E-state index < -0.39 is 48.0 Å². The molecule has 2 amide bonds. The molecule has 43 heavy (non-hydrogen) atoms. The summed E-state index contributed by atoms with van der Waals surface area (Å²) in [6.07, 6.45) is -6.81. The summed E-state index contributed by atoms with van der Waals surface area (Å²) in [5.41, 5.74) is 6.29. The smallest absolute Gasteiger partial charge is 0.451 e. The van der Waals surface area contributed by atoms with E-state index in [4.69, 9.17) is 4.74 Å². The van der Waals surface area contributed by atoms with Crippen LogP contribution < -0.4 is 15.6 Å². The second-order valence-corrected chi connectivity index (χ2v) is 10.4. The maximum absolute atomic E-state index is 14.0. The monoisotopic (exact) mass is 610 g/mol. The van der Waals surface area contributed by atoms with Crippen molar-refractivity contribution in [3.8, 4) is 5.75 Å². The number of carbonyl (C=O) groups is 2. The molecule has 17 heteroatoms. The Hall–Kier alpha value is -4.25. The van der Waals surface area contributed by atoms with Crippen molar-refractivity contribution in [1.29, 1.82) is 0 Å². The van der Waals surface area contributed by atoms with E-state index in [-0.39, 0.29) is 56.5 Å². The van der Waals surface area contributed by atoms with E-state index in [1.165, 1.54) is 23.4 Å². The van der Waals surface area contributed by atoms with Crippen LogP contribution in [0.25, 0.3) is 0 Å². The van der Waals surface area contributed by atoms with Gasteiger partial charge in [-0.2, -0.15) is 26.3 Å². The standard InChI is InChI=1S/C26H24F6N8O3/c27-25(28,29)21-18(10-34-36-22(21)41)40-11-14-3-1-2-4-17(14)19(40)13-43-16-7-15(8-33-9-16)23(42)38-5-6-39-20(12-38)35-37-24(39)26(30,31)32/h1-4,7-9,18-19,21,34H,5-6,10-13H2,(H,36,41)/t18?,19-,21?/m0/s1. The van der Waals surface area contributed by atoms with Gasteiger partial charge in [-0.25, -0.2) is 5.43 Å². The predicted molar refractivity (Wildman–Crippen MR) is 134 cm³/mol. The number of hydrazine groups is 1. The fourth-order valence-corrected chi connectivity index (χ4v) is 5.82. The summed E-state index contributed by atoms with van der Waals surface area (Å²) in [5.74, 6) is -4.89. The molecule has 1 aromatic carbocycles. The quantitative estimate of drug-likeness (QED) is 0.424. The van der Waals surface area contributed by atoms with Gasteiger partial charge >= 0.3 is 12.4 Å². The van der Waals surface area contributed by atoms with Gasteiger partial charge < -0.3 is 14.2 Å². The minimum absolute atomic E-state index is 0.00433. The molecule has 2 unspecified atom stereocenters. The molecule has 2 aromatic heterocycles. The first kappa shape index (κ1) is 28.9. The molecule has 2 N–H and O–H groups in total. The number of halogens is 6. The summed E-state index contributed by atoms with van der Waals surface area (Å²) >= 11 is 0. The molecule has 1 saturated heterocycles. The van der Waals surface area contributed by atoms with E-state index in [0.717, 1.165) is 15.7 Å². The Kier molecular flexibility index (Phi) is 7.24. The molecular formula is C26H24F6N8O3. The van der Waals surface area contributed by atoms with Crippen LogP contribution in [-0.4, -0.2) is 73.3 Å². The van der Waals surface area contributed by atoms with Crippen LogP contribution in [0, 0.1) is 5.92 Å². The van der Waals surface area contributed by atoms with Crippen molar-refractivity contribution in [3.63, 3.8) is 0 Å². The van der Waals surface area contributed by atoms with E-state index in [1.807, 2.05) is 0 Å². The van der Waals surface area contributed by atoms with Gasteiger partial charge in [-0.3, -0.25) is 24.9 Å². The van der Waals surface area contributed by atoms with Crippen LogP contribution in [0.15, 0.2) is 42.7 Å². The molecule has 5 heterocycles. The number of rotatable bonds is 5. The van der Waals surface area contributed by atoms with E-state index in [0.29, 0.717) is 0 Å². The Balaban J connectivity index is 1.19. The Morgan fingerprint density at radius 2 is 1.84 bits per heavy atom. The van der Waals surface area contributed by atoms with Crippen LogP contribution >= 0.6 is 0 Å². The number of pyridine rings is 1. The third-order valence-electron chi connectivity index (χ3n) is 7.80. The number of alkyl halides is 6. The lowest BCUT2D eigenvalue weighted by atomic mass is 9.94. The Labute approximate surface area is 239 Å². The Morgan fingerprint density at radius 3 is 2.60 bits per heavy atom. The first-order valence-electron chi connectivity index (χ1n) is 13.2. The molecule has 3 aromatic rings. The fraction of sp³-hybridized carbons (Fsp3) is 0.423. The second kappa shape index (κ2) is 10.8. The molecule has 3 aliphatic rings. The first-order chi connectivity index (χ1) is 20.4. The average Bonchev–Trinajstić information content (AvgIpc) is 3.56. The van der Waals surface area contributed by atoms with Crippen LogP contribution in [0.4, 0.5) is 26.3 Å². The van der Waals surface area contributed by atoms with Crippen LogP contribution in [0.1, 0.15) is 39.2 Å². The van der Waals surface area contributed by atoms with Crippen molar-refractivity contribution < 1.29 is 40.7 Å². The summed E-state index contributed by atoms with van der Waals surface area (Å²) in [4.78, 5) is 32.4. The molecule has 6 rings (SSSR count). The van der Waals surface area contributed by atoms with Gasteiger partial charge in [-0.15, -0.1) is 10.2 Å². The third kappa shape index (κ3) is 5.49. The van der Waals surface area contributed by atoms with Crippen LogP contribution in [0.5, 0.6) is 5.75 Å². The highest BCUT2D eigenvalue weighted by Gasteiger charge is 2.55. The topological polar surface area (TPSA) is 118 Å². The van der Waals surface area contributed by atoms with Gasteiger partial charge in [-0.1, -0.05) is 24.3 Å². The normalized spacial score (nSPS) is 22.6. The van der Waals surface area contributed by atoms with E-state index in [1.54, 1.807) is 29.2 Å². The zero-order valence-corrected chi connectivity index (χ0v) is 22.2. The van der Waals surface area contributed by atoms with Crippen molar-refractivity contribution >= 4 is 11.8 Å². The number of hydrogen-bond donors (Lipinski definition) is 2. The van der Waals surface area contributed by atoms with Crippen molar-refractivity contribution in [1.82, 2.24) is 40.4 Å². The lowest BCUT2D eigenvalue weighted by molar-refractivity contribution is -0.202. The maximum atomic E-state index is 14.0. The van der Waals surface area contributed by atoms with Crippen molar-refractivity contribution in [3.05, 3.63) is 71.1 Å². The lowest BCUT2D eigenvalue weighted by Gasteiger charge is -2.40. The van der Waals surface area contributed by atoms with Crippen molar-refractivity contribution in [2.24, 2.45) is 5.92 Å². The number of carbonyl (C=O) groups excluding carboxylic acids is 2. The van der Waals surface area contributed by atoms with Crippen LogP contribution in [0.2, 0.25) is 0 Å². The maximum Gasteiger partial charge on any atom is 0.451 e. The SMILES string of the molecule is O=C1NNCC(N2Cc3ccccc3[C@@H]2COc2cncc(C(=O)N3CCn4c(nnc4C(F)(F)F)C3)c2)C1C(F)(F)F. The van der Waals surface area contributed by atoms with Gasteiger partial charge in [0.15, 0.2) is 11.7 Å². The largest absolute Gasteiger partial charge is 0.490 e. The number of fused-ring (bicyclic) bond motifs is 2. The molecule has 0 spiro atoms. The van der Waals surface area contributed by atoms with Gasteiger partial charge in [-0.05, 0) is 17.2 Å². The molecule has 0 radical (unpaired) electrons. The second-order valence-electron chi connectivity index (χ2n) is 10.4. The molecule has 0 saturated carbocycles. The molecular weight excluding hydrogens is 586 g/mol. The minimum atomic E-state index is -4.77. The summed E-state index contributed by atoms with van der Waals surface area (Å²) in [7, 11) is 0. The molecule has 3 aliphatic heterocycles. The lowest BCUT2D eigenvalue weighted by Crippen LogP contribution is -2.64. The summed E-state index contributed by atoms with van der Waals surface area (Å²) < 4.78 is 88.3. The minimum Gasteiger partial charge on any atom is -0.490 e. The van der Waals surface area contributed by atoms with Gasteiger partial charge in [0.25, 0.3) is 5.91 Å². The van der Waals surface area contributed by atoms with E-state index in [2.05, 4.69) is 26.0 Å². The van der Waals surface area contributed by atoms with Gasteiger partial charge in [0, 0.05) is 38.4 Å². The first-order valence-corrected chi connectivity index (χ1v) is 13.2. The zero-order chi connectivity index (χ0) is 30.5. The summed E-state index contributed by atoms with van der Waals surface area (Å²) in [6, 6.07) is 6.70. The predicted octanol–water partition coefficient (Wildman–Crippen LogP) is 2.47. The average molecular weight is 611 g/mol. The molecule has 0 bridgehead atoms. The highest BCUT2D eigenvalue weighted by Crippen LogP contribution is 2.41. The van der Waals surface area contributed by atoms with Gasteiger partial charge in [0.05, 0.1) is 24.3 Å². The molecule has 11 nitrogen and oxygen atoms in total. The summed E-state index contributed by atoms with van der Waals surface area (Å²) in [6.45, 7) is -0.426. The number of hydrogen-bond acceptors (Lipinski definition) is 8. The van der Waals surface area contributed by atoms with E-state index >= 15 is 0 Å². The number of amides is 2. The van der Waals surface area contributed by atoms with Crippen LogP contribution in [0.3, 0.4) is 0 Å². The fourth-order valence-electron chi connectivity index (χ4n) is 5.82. The zero-order valence-electron chi connectivity index (χ0n) is 22.2. The number of nitrogens with zero attached hydrogens (tertiary/aromatic N) is 6. The number of benzene rings is 1.